The second-order valence-corrected chi connectivity index (χ2v) is 18.0. The Kier molecular flexibility index (Phi) is 11.0. The molecule has 0 aliphatic heterocycles. The number of fused-ring (bicyclic) bond motifs is 2. The van der Waals surface area contributed by atoms with Gasteiger partial charge in [-0.15, -0.1) is 34.9 Å². The molecular weight excluding hydrogens is 926 g/mol. The topological polar surface area (TPSA) is 50.9 Å². The van der Waals surface area contributed by atoms with Crippen molar-refractivity contribution in [3.63, 3.8) is 0 Å². The summed E-state index contributed by atoms with van der Waals surface area (Å²) in [5.41, 5.74) is 13.7. The van der Waals surface area contributed by atoms with Crippen LogP contribution in [0.2, 0.25) is 0 Å². The average molecular weight is 976 g/mol. The molecule has 0 atom stereocenters. The summed E-state index contributed by atoms with van der Waals surface area (Å²) >= 11 is 0. The number of para-hydroxylation sites is 2. The van der Waals surface area contributed by atoms with Crippen LogP contribution in [0.5, 0.6) is 5.75 Å². The molecule has 4 nitrogen and oxygen atoms in total. The summed E-state index contributed by atoms with van der Waals surface area (Å²) in [6, 6.07) is 61.3. The van der Waals surface area contributed by atoms with Crippen LogP contribution in [0.4, 0.5) is 0 Å². The van der Waals surface area contributed by atoms with Crippen molar-refractivity contribution >= 4 is 21.9 Å². The van der Waals surface area contributed by atoms with Crippen LogP contribution in [-0.4, -0.2) is 19.6 Å². The molecule has 0 unspecified atom stereocenters. The molecule has 7 aromatic carbocycles. The second-order valence-electron chi connectivity index (χ2n) is 18.0. The van der Waals surface area contributed by atoms with Crippen molar-refractivity contribution in [3.8, 4) is 45.1 Å². The predicted octanol–water partition coefficient (Wildman–Crippen LogP) is 14.0. The van der Waals surface area contributed by atoms with E-state index in [2.05, 4.69) is 193 Å². The van der Waals surface area contributed by atoms with Gasteiger partial charge >= 0.3 is 0 Å². The third kappa shape index (κ3) is 7.64. The predicted molar refractivity (Wildman–Crippen MR) is 249 cm³/mol. The normalized spacial score (nSPS) is 12.1. The van der Waals surface area contributed by atoms with Crippen molar-refractivity contribution in [1.82, 2.24) is 14.5 Å². The van der Waals surface area contributed by atoms with E-state index in [1.54, 1.807) is 6.07 Å². The molecule has 0 aliphatic rings. The van der Waals surface area contributed by atoms with Crippen molar-refractivity contribution in [2.75, 3.05) is 0 Å². The summed E-state index contributed by atoms with van der Waals surface area (Å²) in [6.45, 7) is 15.9. The molecule has 61 heavy (non-hydrogen) atoms. The Morgan fingerprint density at radius 3 is 1.69 bits per heavy atom. The van der Waals surface area contributed by atoms with E-state index in [-0.39, 0.29) is 43.1 Å². The fourth-order valence-corrected chi connectivity index (χ4v) is 8.55. The van der Waals surface area contributed by atoms with Crippen LogP contribution in [0.1, 0.15) is 76.3 Å². The van der Waals surface area contributed by atoms with Gasteiger partial charge in [0.1, 0.15) is 11.6 Å². The monoisotopic (exact) mass is 975 g/mol. The first-order valence-corrected chi connectivity index (χ1v) is 20.8. The maximum Gasteiger partial charge on any atom is 0.148 e. The van der Waals surface area contributed by atoms with E-state index in [0.717, 1.165) is 55.4 Å². The van der Waals surface area contributed by atoms with Crippen LogP contribution in [0.15, 0.2) is 170 Å². The number of aromatic nitrogens is 3. The summed E-state index contributed by atoms with van der Waals surface area (Å²) < 4.78 is 2.17. The molecule has 9 aromatic rings. The van der Waals surface area contributed by atoms with Gasteiger partial charge in [0.2, 0.25) is 0 Å². The molecule has 0 radical (unpaired) electrons. The first-order valence-electron chi connectivity index (χ1n) is 20.8. The molecule has 306 valence electrons. The molecule has 0 aliphatic carbocycles. The Labute approximate surface area is 374 Å². The summed E-state index contributed by atoms with van der Waals surface area (Å²) in [5, 5.41) is 12.4. The minimum Gasteiger partial charge on any atom is -0.507 e. The number of hydrogen-bond donors (Lipinski definition) is 1. The molecule has 2 aromatic heterocycles. The van der Waals surface area contributed by atoms with E-state index in [1.807, 2.05) is 30.5 Å². The van der Waals surface area contributed by atoms with Gasteiger partial charge in [-0.25, -0.2) is 4.98 Å². The zero-order chi connectivity index (χ0) is 41.8. The van der Waals surface area contributed by atoms with Crippen molar-refractivity contribution in [2.24, 2.45) is 0 Å². The van der Waals surface area contributed by atoms with E-state index >= 15 is 0 Å². The zero-order valence-corrected chi connectivity index (χ0v) is 38.0. The van der Waals surface area contributed by atoms with Gasteiger partial charge in [0, 0.05) is 49.3 Å². The molecule has 9 rings (SSSR count). The molecule has 0 fully saturated rings. The van der Waals surface area contributed by atoms with Gasteiger partial charge in [0.15, 0.2) is 0 Å². The number of phenols is 1. The third-order valence-electron chi connectivity index (χ3n) is 12.4. The summed E-state index contributed by atoms with van der Waals surface area (Å²) in [4.78, 5) is 10.4. The van der Waals surface area contributed by atoms with E-state index in [1.165, 1.54) is 22.3 Å². The van der Waals surface area contributed by atoms with Crippen LogP contribution in [0.3, 0.4) is 0 Å². The van der Waals surface area contributed by atoms with Crippen LogP contribution in [0.25, 0.3) is 61.3 Å². The Morgan fingerprint density at radius 1 is 0.492 bits per heavy atom. The van der Waals surface area contributed by atoms with Crippen LogP contribution < -0.4 is 0 Å². The Hall–Kier alpha value is -6.09. The largest absolute Gasteiger partial charge is 0.507 e. The van der Waals surface area contributed by atoms with Crippen LogP contribution in [-0.2, 0) is 37.3 Å². The number of nitrogens with zero attached hydrogens (tertiary/aromatic N) is 3. The molecule has 2 heterocycles. The number of pyridine rings is 1. The van der Waals surface area contributed by atoms with Gasteiger partial charge in [-0.3, -0.25) is 9.55 Å². The van der Waals surface area contributed by atoms with Crippen molar-refractivity contribution in [2.45, 2.75) is 64.7 Å². The zero-order valence-electron chi connectivity index (χ0n) is 35.8. The van der Waals surface area contributed by atoms with Gasteiger partial charge < -0.3 is 5.11 Å². The molecule has 5 heteroatoms. The summed E-state index contributed by atoms with van der Waals surface area (Å²) in [5.74, 6) is 0.853. The standard InChI is InChI=1S/C56H50N3O.Pt/c1-54(2,3)40-27-29-45(30-28-40)59-49-25-16-24-46(52(49)58-53(59)47-23-14-15-26-50(47)60)38-32-39(35-43(34-38)55(4,5)41-19-10-8-11-20-41)48-36-44(33-37-18-17-31-57-51(37)48)56(6,7)42-21-12-9-13-22-42;/h8-31,33-36,60H,1-7H3;/q-1;. The van der Waals surface area contributed by atoms with Gasteiger partial charge in [0.25, 0.3) is 0 Å². The van der Waals surface area contributed by atoms with Crippen molar-refractivity contribution in [3.05, 3.63) is 204 Å². The van der Waals surface area contributed by atoms with Crippen LogP contribution >= 0.6 is 0 Å². The first-order chi connectivity index (χ1) is 28.8. The van der Waals surface area contributed by atoms with Crippen molar-refractivity contribution in [1.29, 1.82) is 0 Å². The molecule has 0 amide bonds. The van der Waals surface area contributed by atoms with Crippen molar-refractivity contribution < 1.29 is 26.2 Å². The Bertz CT molecular complexity index is 3010. The third-order valence-corrected chi connectivity index (χ3v) is 12.4. The van der Waals surface area contributed by atoms with Gasteiger partial charge in [-0.2, -0.15) is 0 Å². The first kappa shape index (κ1) is 41.6. The van der Waals surface area contributed by atoms with Gasteiger partial charge in [-0.05, 0) is 75.5 Å². The molecule has 0 saturated heterocycles. The van der Waals surface area contributed by atoms with E-state index < -0.39 is 0 Å². The fraction of sp³-hybridized carbons (Fsp3) is 0.179. The molecule has 1 N–H and O–H groups in total. The average Bonchev–Trinajstić information content (AvgIpc) is 3.66. The van der Waals surface area contributed by atoms with E-state index in [0.29, 0.717) is 11.4 Å². The number of hydrogen-bond acceptors (Lipinski definition) is 3. The SMILES string of the molecule is CC(C)(C)c1ccc(-n2c(-c3ccccc3O)nc3c(-c4[c-]c(-c5cc(C(C)(C)c6ccccc6)cc6cccnc56)cc(C(C)(C)c5ccccc5)c4)cccc32)cc1.[Pt]. The Balaban J connectivity index is 0.00000514. The quantitative estimate of drug-likeness (QED) is 0.154. The van der Waals surface area contributed by atoms with E-state index in [4.69, 9.17) is 9.97 Å². The molecular formula is C56H50N3OPt-. The minimum atomic E-state index is -0.354. The summed E-state index contributed by atoms with van der Waals surface area (Å²) in [7, 11) is 0. The number of aromatic hydroxyl groups is 1. The smallest absolute Gasteiger partial charge is 0.148 e. The molecule has 0 saturated carbocycles. The number of imidazole rings is 1. The van der Waals surface area contributed by atoms with Gasteiger partial charge in [0.05, 0.1) is 16.6 Å². The molecule has 0 spiro atoms. The number of rotatable bonds is 8. The maximum absolute atomic E-state index is 11.3. The van der Waals surface area contributed by atoms with Crippen LogP contribution in [0, 0.1) is 6.07 Å². The Morgan fingerprint density at radius 2 is 1.07 bits per heavy atom. The second kappa shape index (κ2) is 16.1. The van der Waals surface area contributed by atoms with Gasteiger partial charge in [-0.1, -0.05) is 169 Å². The number of phenolic OH excluding ortho intramolecular Hbond substituents is 1. The maximum atomic E-state index is 11.3. The number of benzene rings is 7. The molecule has 0 bridgehead atoms. The fourth-order valence-electron chi connectivity index (χ4n) is 8.55. The summed E-state index contributed by atoms with van der Waals surface area (Å²) in [6.07, 6.45) is 1.88. The van der Waals surface area contributed by atoms with E-state index in [9.17, 15) is 5.11 Å². The minimum absolute atomic E-state index is 0.